The Morgan fingerprint density at radius 1 is 0.576 bits per heavy atom. The van der Waals surface area contributed by atoms with Crippen molar-refractivity contribution < 1.29 is 18.3 Å². The van der Waals surface area contributed by atoms with Crippen molar-refractivity contribution in [2.75, 3.05) is 24.0 Å². The van der Waals surface area contributed by atoms with Crippen LogP contribution in [0.4, 0.5) is 32.1 Å². The lowest BCUT2D eigenvalue weighted by Crippen LogP contribution is -2.36. The van der Waals surface area contributed by atoms with Crippen molar-refractivity contribution in [3.63, 3.8) is 0 Å². The van der Waals surface area contributed by atoms with Gasteiger partial charge < -0.3 is 19.3 Å². The molecule has 0 saturated carbocycles. The number of methoxy groups -OCH3 is 2. The number of aryl methyl sites for hydroxylation is 4. The summed E-state index contributed by atoms with van der Waals surface area (Å²) >= 11 is 0. The number of hydrogen-bond acceptors (Lipinski definition) is 12. The lowest BCUT2D eigenvalue weighted by atomic mass is 10.1. The van der Waals surface area contributed by atoms with Gasteiger partial charge in [-0.15, -0.1) is 10.2 Å². The summed E-state index contributed by atoms with van der Waals surface area (Å²) in [6.45, 7) is 9.69. The van der Waals surface area contributed by atoms with Crippen LogP contribution >= 0.6 is 0 Å². The Labute approximate surface area is 380 Å². The highest BCUT2D eigenvalue weighted by Gasteiger charge is 2.29. The molecule has 2 aliphatic rings. The lowest BCUT2D eigenvalue weighted by Gasteiger charge is -2.34. The number of aromatic nitrogens is 12. The van der Waals surface area contributed by atoms with Crippen LogP contribution in [0.15, 0.2) is 98.1 Å². The second-order valence-corrected chi connectivity index (χ2v) is 16.1. The molecule has 0 saturated heterocycles. The number of hydrogen-bond donors (Lipinski definition) is 0. The van der Waals surface area contributed by atoms with Crippen molar-refractivity contribution in [3.05, 3.63) is 144 Å². The zero-order chi connectivity index (χ0) is 45.9. The van der Waals surface area contributed by atoms with Crippen molar-refractivity contribution in [2.45, 2.75) is 65.7 Å². The first-order valence-corrected chi connectivity index (χ1v) is 21.5. The quantitative estimate of drug-likeness (QED) is 0.129. The van der Waals surface area contributed by atoms with Crippen LogP contribution in [0.25, 0.3) is 35.9 Å². The molecule has 2 atom stereocenters. The number of nitrogens with zero attached hydrogens (tertiary/aromatic N) is 14. The van der Waals surface area contributed by atoms with E-state index in [0.29, 0.717) is 34.8 Å². The van der Waals surface area contributed by atoms with Gasteiger partial charge >= 0.3 is 0 Å². The molecule has 0 amide bonds. The number of pyridine rings is 2. The molecule has 6 aromatic heterocycles. The van der Waals surface area contributed by atoms with Gasteiger partial charge in [-0.2, -0.15) is 9.97 Å². The fourth-order valence-electron chi connectivity index (χ4n) is 7.90. The summed E-state index contributed by atoms with van der Waals surface area (Å²) in [5.74, 6) is 4.82. The number of imidazole rings is 2. The van der Waals surface area contributed by atoms with Gasteiger partial charge in [-0.3, -0.25) is 9.13 Å². The summed E-state index contributed by atoms with van der Waals surface area (Å²) in [6.07, 6.45) is 20.1. The van der Waals surface area contributed by atoms with E-state index in [9.17, 15) is 8.78 Å². The molecule has 0 spiro atoms. The third-order valence-electron chi connectivity index (χ3n) is 11.3. The highest BCUT2D eigenvalue weighted by atomic mass is 19.1. The van der Waals surface area contributed by atoms with Crippen LogP contribution in [-0.2, 0) is 13.1 Å². The van der Waals surface area contributed by atoms with Crippen molar-refractivity contribution >= 4 is 47.6 Å². The van der Waals surface area contributed by atoms with Crippen LogP contribution < -0.4 is 19.3 Å². The zero-order valence-electron chi connectivity index (χ0n) is 37.4. The predicted molar refractivity (Wildman–Crippen MR) is 248 cm³/mol. The van der Waals surface area contributed by atoms with Gasteiger partial charge in [0.1, 0.15) is 24.3 Å². The molecule has 0 fully saturated rings. The van der Waals surface area contributed by atoms with Gasteiger partial charge in [0.2, 0.25) is 11.9 Å². The molecule has 0 N–H and O–H groups in total. The van der Waals surface area contributed by atoms with Gasteiger partial charge in [-0.25, -0.2) is 38.1 Å². The maximum absolute atomic E-state index is 13.4. The minimum Gasteiger partial charge on any atom is -0.493 e. The van der Waals surface area contributed by atoms with Crippen LogP contribution in [0.2, 0.25) is 0 Å². The Kier molecular flexibility index (Phi) is 12.2. The van der Waals surface area contributed by atoms with Crippen molar-refractivity contribution in [2.24, 2.45) is 0 Å². The Morgan fingerprint density at radius 3 is 1.35 bits per heavy atom. The molecule has 16 nitrogen and oxygen atoms in total. The topological polar surface area (TPSA) is 148 Å². The summed E-state index contributed by atoms with van der Waals surface area (Å²) in [6, 6.07) is 17.2. The minimum absolute atomic E-state index is 0.233. The van der Waals surface area contributed by atoms with Crippen LogP contribution in [0, 0.1) is 25.5 Å². The molecule has 0 unspecified atom stereocenters. The molecule has 0 aliphatic carbocycles. The van der Waals surface area contributed by atoms with Crippen molar-refractivity contribution in [3.8, 4) is 23.1 Å². The number of halogens is 2. The molecule has 66 heavy (non-hydrogen) atoms. The number of fused-ring (bicyclic) bond motifs is 2. The standard InChI is InChI=1S/2C24H24FN7O/c2*1-16-14-30(15-27-16)23-21(33-3)12-18(13-26-23)4-9-22-28-24-31(29-22)11-10-17(2)32(24)20-7-5-19(25)6-8-20/h2*4-9,12-15,17H,10-11H2,1-3H3/b2*9-4+/t2*17-/m10/s1. The fraction of sp³-hybridized carbons (Fsp3) is 0.250. The van der Waals surface area contributed by atoms with E-state index in [0.717, 1.165) is 71.7 Å². The molecule has 8 heterocycles. The zero-order valence-corrected chi connectivity index (χ0v) is 37.4. The van der Waals surface area contributed by atoms with E-state index >= 15 is 0 Å². The Balaban J connectivity index is 0.000000166. The molecule has 8 aromatic rings. The molecular weight excluding hydrogens is 843 g/mol. The summed E-state index contributed by atoms with van der Waals surface area (Å²) in [5, 5.41) is 9.29. The lowest BCUT2D eigenvalue weighted by molar-refractivity contribution is 0.410. The third kappa shape index (κ3) is 9.15. The molecule has 0 bridgehead atoms. The maximum Gasteiger partial charge on any atom is 0.229 e. The first-order valence-electron chi connectivity index (χ1n) is 21.5. The molecule has 2 aromatic carbocycles. The van der Waals surface area contributed by atoms with E-state index in [4.69, 9.17) is 19.4 Å². The summed E-state index contributed by atoms with van der Waals surface area (Å²) in [4.78, 5) is 31.3. The maximum atomic E-state index is 13.4. The largest absolute Gasteiger partial charge is 0.493 e. The van der Waals surface area contributed by atoms with Crippen LogP contribution in [-0.4, -0.2) is 84.9 Å². The van der Waals surface area contributed by atoms with Gasteiger partial charge in [0, 0.05) is 61.3 Å². The fourth-order valence-corrected chi connectivity index (χ4v) is 7.90. The summed E-state index contributed by atoms with van der Waals surface area (Å²) < 4.78 is 45.3. The van der Waals surface area contributed by atoms with Gasteiger partial charge in [0.05, 0.1) is 25.6 Å². The van der Waals surface area contributed by atoms with Crippen LogP contribution in [0.1, 0.15) is 60.9 Å². The predicted octanol–water partition coefficient (Wildman–Crippen LogP) is 8.83. The Morgan fingerprint density at radius 2 is 0.985 bits per heavy atom. The van der Waals surface area contributed by atoms with Crippen molar-refractivity contribution in [1.29, 1.82) is 0 Å². The summed E-state index contributed by atoms with van der Waals surface area (Å²) in [5.41, 5.74) is 5.33. The minimum atomic E-state index is -0.258. The highest BCUT2D eigenvalue weighted by Crippen LogP contribution is 2.34. The van der Waals surface area contributed by atoms with Gasteiger partial charge in [0.25, 0.3) is 0 Å². The number of ether oxygens (including phenoxy) is 2. The molecule has 10 rings (SSSR count). The van der Waals surface area contributed by atoms with Gasteiger partial charge in [0.15, 0.2) is 34.8 Å². The molecule has 18 heteroatoms. The van der Waals surface area contributed by atoms with E-state index in [2.05, 4.69) is 53.8 Å². The van der Waals surface area contributed by atoms with Crippen molar-refractivity contribution in [1.82, 2.24) is 58.6 Å². The van der Waals surface area contributed by atoms with E-state index < -0.39 is 0 Å². The van der Waals surface area contributed by atoms with E-state index in [-0.39, 0.29) is 23.7 Å². The number of rotatable bonds is 10. The van der Waals surface area contributed by atoms with Crippen LogP contribution in [0.5, 0.6) is 11.5 Å². The third-order valence-corrected chi connectivity index (χ3v) is 11.3. The van der Waals surface area contributed by atoms with E-state index in [1.54, 1.807) is 63.5 Å². The van der Waals surface area contributed by atoms with E-state index in [1.807, 2.05) is 81.2 Å². The normalized spacial score (nSPS) is 15.8. The Hall–Kier alpha value is -8.02. The Bertz CT molecular complexity index is 2820. The van der Waals surface area contributed by atoms with E-state index in [1.165, 1.54) is 24.3 Å². The molecular formula is C48H48F2N14O2. The number of benzene rings is 2. The average molecular weight is 891 g/mol. The summed E-state index contributed by atoms with van der Waals surface area (Å²) in [7, 11) is 3.24. The first kappa shape index (κ1) is 43.2. The SMILES string of the molecule is COc1cc(/C=C/c2nc3n(n2)CC[C@@H](C)N3c2ccc(F)cc2)cnc1-n1cnc(C)c1.COc1cc(/C=C/c2nc3n(n2)CC[C@H](C)N3c2ccc(F)cc2)cnc1-n1cnc(C)c1. The first-order chi connectivity index (χ1) is 32.0. The van der Waals surface area contributed by atoms with Gasteiger partial charge in [-0.05, 0) is 137 Å². The monoisotopic (exact) mass is 890 g/mol. The molecule has 2 aliphatic heterocycles. The number of anilines is 4. The smallest absolute Gasteiger partial charge is 0.229 e. The molecule has 0 radical (unpaired) electrons. The highest BCUT2D eigenvalue weighted by molar-refractivity contribution is 5.70. The second kappa shape index (κ2) is 18.6. The van der Waals surface area contributed by atoms with Gasteiger partial charge in [-0.1, -0.05) is 0 Å². The second-order valence-electron chi connectivity index (χ2n) is 16.1. The molecule has 336 valence electrons. The average Bonchev–Trinajstić information content (AvgIpc) is 4.15. The van der Waals surface area contributed by atoms with Crippen LogP contribution in [0.3, 0.4) is 0 Å².